The summed E-state index contributed by atoms with van der Waals surface area (Å²) in [5.41, 5.74) is 6.01. The maximum Gasteiger partial charge on any atom is 0.271 e. The Kier molecular flexibility index (Phi) is 4.69. The first-order valence-electron chi connectivity index (χ1n) is 6.62. The molecule has 6 heteroatoms. The molecule has 0 saturated carbocycles. The minimum atomic E-state index is -0.480. The lowest BCUT2D eigenvalue weighted by Gasteiger charge is -2.23. The summed E-state index contributed by atoms with van der Waals surface area (Å²) in [4.78, 5) is 16.3. The van der Waals surface area contributed by atoms with Gasteiger partial charge in [0.2, 0.25) is 0 Å². The molecule has 0 unspecified atom stereocenters. The smallest absolute Gasteiger partial charge is 0.271 e. The number of aromatic nitrogens is 1. The second-order valence-corrected chi connectivity index (χ2v) is 6.38. The van der Waals surface area contributed by atoms with E-state index in [2.05, 4.69) is 10.3 Å². The molecule has 0 saturated heterocycles. The number of thiazole rings is 1. The van der Waals surface area contributed by atoms with Crippen molar-refractivity contribution in [1.29, 1.82) is 0 Å². The van der Waals surface area contributed by atoms with Gasteiger partial charge >= 0.3 is 0 Å². The summed E-state index contributed by atoms with van der Waals surface area (Å²) in [6.07, 6.45) is 0.380. The summed E-state index contributed by atoms with van der Waals surface area (Å²) in [5.74, 6) is -0.524. The van der Waals surface area contributed by atoms with Gasteiger partial charge in [0.15, 0.2) is 0 Å². The number of nitrogens with one attached hydrogen (secondary N) is 1. The van der Waals surface area contributed by atoms with Gasteiger partial charge in [-0.05, 0) is 25.5 Å². The molecule has 2 rings (SSSR count). The Balaban J connectivity index is 2.08. The van der Waals surface area contributed by atoms with E-state index in [4.69, 9.17) is 5.73 Å². The summed E-state index contributed by atoms with van der Waals surface area (Å²) in [7, 11) is 0. The summed E-state index contributed by atoms with van der Waals surface area (Å²) < 4.78 is 13.6. The van der Waals surface area contributed by atoms with E-state index in [1.54, 1.807) is 23.6 Å². The second kappa shape index (κ2) is 6.32. The van der Waals surface area contributed by atoms with Crippen LogP contribution >= 0.6 is 11.3 Å². The van der Waals surface area contributed by atoms with Crippen molar-refractivity contribution in [2.75, 3.05) is 6.54 Å². The number of hydrogen-bond acceptors (Lipinski definition) is 4. The number of carbonyl (C=O) groups is 1. The first-order chi connectivity index (χ1) is 9.91. The van der Waals surface area contributed by atoms with Crippen molar-refractivity contribution in [3.63, 3.8) is 0 Å². The van der Waals surface area contributed by atoms with Crippen LogP contribution in [-0.4, -0.2) is 23.0 Å². The number of hydrogen-bond donors (Lipinski definition) is 2. The van der Waals surface area contributed by atoms with Gasteiger partial charge < -0.3 is 11.1 Å². The molecule has 0 fully saturated rings. The van der Waals surface area contributed by atoms with Crippen molar-refractivity contribution >= 4 is 17.2 Å². The first-order valence-corrected chi connectivity index (χ1v) is 7.49. The minimum Gasteiger partial charge on any atom is -0.345 e. The predicted octanol–water partition coefficient (Wildman–Crippen LogP) is 2.34. The highest BCUT2D eigenvalue weighted by atomic mass is 32.1. The van der Waals surface area contributed by atoms with Crippen LogP contribution in [0.25, 0.3) is 0 Å². The van der Waals surface area contributed by atoms with E-state index < -0.39 is 5.54 Å². The van der Waals surface area contributed by atoms with E-state index >= 15 is 0 Å². The lowest BCUT2D eigenvalue weighted by Crippen LogP contribution is -2.48. The zero-order chi connectivity index (χ0) is 15.5. The monoisotopic (exact) mass is 307 g/mol. The van der Waals surface area contributed by atoms with Crippen molar-refractivity contribution in [3.8, 4) is 0 Å². The molecule has 0 spiro atoms. The summed E-state index contributed by atoms with van der Waals surface area (Å²) in [6.45, 7) is 4.03. The molecule has 0 aliphatic heterocycles. The number of carbonyl (C=O) groups excluding carboxylic acids is 1. The summed E-state index contributed by atoms with van der Waals surface area (Å²) >= 11 is 1.35. The third-order valence-corrected chi connectivity index (χ3v) is 3.89. The van der Waals surface area contributed by atoms with Crippen LogP contribution in [0.4, 0.5) is 4.39 Å². The number of benzene rings is 1. The molecule has 0 bridgehead atoms. The highest BCUT2D eigenvalue weighted by molar-refractivity contribution is 7.09. The van der Waals surface area contributed by atoms with Crippen LogP contribution in [0.3, 0.4) is 0 Å². The van der Waals surface area contributed by atoms with Gasteiger partial charge in [0.25, 0.3) is 5.91 Å². The fraction of sp³-hybridized carbons (Fsp3) is 0.333. The number of amides is 1. The second-order valence-electron chi connectivity index (χ2n) is 5.44. The number of nitrogens with zero attached hydrogens (tertiary/aromatic N) is 1. The topological polar surface area (TPSA) is 68.0 Å². The van der Waals surface area contributed by atoms with E-state index in [1.807, 2.05) is 13.8 Å². The van der Waals surface area contributed by atoms with Crippen molar-refractivity contribution in [3.05, 3.63) is 51.7 Å². The van der Waals surface area contributed by atoms with Gasteiger partial charge in [-0.2, -0.15) is 0 Å². The van der Waals surface area contributed by atoms with Crippen LogP contribution in [0.2, 0.25) is 0 Å². The van der Waals surface area contributed by atoms with Gasteiger partial charge in [-0.1, -0.05) is 18.2 Å². The molecule has 1 heterocycles. The Bertz CT molecular complexity index is 639. The van der Waals surface area contributed by atoms with E-state index in [0.717, 1.165) is 0 Å². The molecule has 4 nitrogen and oxygen atoms in total. The third-order valence-electron chi connectivity index (χ3n) is 3.05. The van der Waals surface area contributed by atoms with Crippen LogP contribution in [-0.2, 0) is 6.42 Å². The Morgan fingerprint density at radius 3 is 2.81 bits per heavy atom. The molecule has 0 atom stereocenters. The van der Waals surface area contributed by atoms with E-state index in [-0.39, 0.29) is 11.7 Å². The molecule has 0 radical (unpaired) electrons. The fourth-order valence-corrected chi connectivity index (χ4v) is 2.52. The fourth-order valence-electron chi connectivity index (χ4n) is 1.72. The largest absolute Gasteiger partial charge is 0.345 e. The lowest BCUT2D eigenvalue weighted by molar-refractivity contribution is 0.0911. The quantitative estimate of drug-likeness (QED) is 0.891. The van der Waals surface area contributed by atoms with E-state index in [9.17, 15) is 9.18 Å². The van der Waals surface area contributed by atoms with E-state index in [1.165, 1.54) is 17.4 Å². The van der Waals surface area contributed by atoms with Crippen molar-refractivity contribution in [1.82, 2.24) is 10.3 Å². The molecule has 3 N–H and O–H groups in total. The molecule has 21 heavy (non-hydrogen) atoms. The average Bonchev–Trinajstić information content (AvgIpc) is 2.90. The van der Waals surface area contributed by atoms with Gasteiger partial charge in [0.1, 0.15) is 11.5 Å². The van der Waals surface area contributed by atoms with Crippen molar-refractivity contribution in [2.24, 2.45) is 5.73 Å². The zero-order valence-electron chi connectivity index (χ0n) is 12.0. The highest BCUT2D eigenvalue weighted by Gasteiger charge is 2.21. The van der Waals surface area contributed by atoms with Crippen molar-refractivity contribution < 1.29 is 9.18 Å². The lowest BCUT2D eigenvalue weighted by atomic mass is 10.1. The molecule has 1 aromatic heterocycles. The van der Waals surface area contributed by atoms with Crippen LogP contribution in [0.5, 0.6) is 0 Å². The Morgan fingerprint density at radius 2 is 2.14 bits per heavy atom. The van der Waals surface area contributed by atoms with Crippen LogP contribution < -0.4 is 11.1 Å². The van der Waals surface area contributed by atoms with Gasteiger partial charge in [0, 0.05) is 23.9 Å². The minimum absolute atomic E-state index is 0.261. The standard InChI is InChI=1S/C15H18FN3OS/c1-15(2,9-17)19-14(20)12-8-21-13(18-12)7-10-5-3-4-6-11(10)16/h3-6,8H,7,9,17H2,1-2H3,(H,19,20). The zero-order valence-corrected chi connectivity index (χ0v) is 12.8. The van der Waals surface area contributed by atoms with Crippen LogP contribution in [0, 0.1) is 5.82 Å². The van der Waals surface area contributed by atoms with Crippen LogP contribution in [0.15, 0.2) is 29.6 Å². The molecule has 1 amide bonds. The molecule has 1 aromatic carbocycles. The SMILES string of the molecule is CC(C)(CN)NC(=O)c1csc(Cc2ccccc2F)n1. The van der Waals surface area contributed by atoms with Gasteiger partial charge in [-0.15, -0.1) is 11.3 Å². The Morgan fingerprint density at radius 1 is 1.43 bits per heavy atom. The predicted molar refractivity (Wildman–Crippen MR) is 81.9 cm³/mol. The number of halogens is 1. The maximum absolute atomic E-state index is 13.6. The average molecular weight is 307 g/mol. The van der Waals surface area contributed by atoms with Gasteiger partial charge in [0.05, 0.1) is 5.01 Å². The van der Waals surface area contributed by atoms with Crippen molar-refractivity contribution in [2.45, 2.75) is 25.8 Å². The Labute approximate surface area is 127 Å². The third kappa shape index (κ3) is 4.09. The summed E-state index contributed by atoms with van der Waals surface area (Å²) in [6, 6.07) is 6.56. The number of rotatable bonds is 5. The maximum atomic E-state index is 13.6. The molecule has 2 aromatic rings. The number of nitrogens with two attached hydrogens (primary N) is 1. The van der Waals surface area contributed by atoms with Gasteiger partial charge in [-0.25, -0.2) is 9.37 Å². The van der Waals surface area contributed by atoms with Gasteiger partial charge in [-0.3, -0.25) is 4.79 Å². The van der Waals surface area contributed by atoms with E-state index in [0.29, 0.717) is 29.2 Å². The van der Waals surface area contributed by atoms with Crippen LogP contribution in [0.1, 0.15) is 34.9 Å². The highest BCUT2D eigenvalue weighted by Crippen LogP contribution is 2.17. The Hall–Kier alpha value is -1.79. The summed E-state index contributed by atoms with van der Waals surface area (Å²) in [5, 5.41) is 5.20. The molecular formula is C15H18FN3OS. The molecule has 0 aliphatic rings. The normalized spacial score (nSPS) is 11.4. The first kappa shape index (κ1) is 15.6. The molecule has 0 aliphatic carbocycles. The molecule has 112 valence electrons. The molecular weight excluding hydrogens is 289 g/mol.